The van der Waals surface area contributed by atoms with Crippen LogP contribution in [0, 0.1) is 5.82 Å². The van der Waals surface area contributed by atoms with Crippen LogP contribution in [0.2, 0.25) is 0 Å². The van der Waals surface area contributed by atoms with Crippen molar-refractivity contribution in [1.82, 2.24) is 10.7 Å². The molecule has 2 N–H and O–H groups in total. The summed E-state index contributed by atoms with van der Waals surface area (Å²) in [4.78, 5) is 23.8. The zero-order valence-corrected chi connectivity index (χ0v) is 15.2. The Bertz CT molecular complexity index is 868. The number of nitrogens with one attached hydrogen (secondary N) is 2. The number of rotatable bonds is 7. The Kier molecular flexibility index (Phi) is 6.87. The molecule has 0 spiro atoms. The lowest BCUT2D eigenvalue weighted by atomic mass is 10.1. The second-order valence-electron chi connectivity index (χ2n) is 5.49. The van der Waals surface area contributed by atoms with Gasteiger partial charge >= 0.3 is 0 Å². The van der Waals surface area contributed by atoms with E-state index in [0.29, 0.717) is 22.8 Å². The summed E-state index contributed by atoms with van der Waals surface area (Å²) in [7, 11) is 3.07. The summed E-state index contributed by atoms with van der Waals surface area (Å²) in [6, 6.07) is 10.4. The Morgan fingerprint density at radius 3 is 2.56 bits per heavy atom. The molecule has 142 valence electrons. The van der Waals surface area contributed by atoms with Crippen molar-refractivity contribution < 1.29 is 23.5 Å². The van der Waals surface area contributed by atoms with Crippen LogP contribution >= 0.6 is 0 Å². The van der Waals surface area contributed by atoms with E-state index in [4.69, 9.17) is 9.47 Å². The van der Waals surface area contributed by atoms with E-state index < -0.39 is 17.6 Å². The van der Waals surface area contributed by atoms with Crippen molar-refractivity contribution in [1.29, 1.82) is 0 Å². The molecule has 0 aliphatic heterocycles. The van der Waals surface area contributed by atoms with Gasteiger partial charge in [0.25, 0.3) is 11.8 Å². The number of hydrogen-bond acceptors (Lipinski definition) is 5. The Hall–Kier alpha value is -3.42. The van der Waals surface area contributed by atoms with E-state index in [2.05, 4.69) is 15.8 Å². The van der Waals surface area contributed by atoms with E-state index in [1.807, 2.05) is 0 Å². The molecule has 2 amide bonds. The summed E-state index contributed by atoms with van der Waals surface area (Å²) in [6.45, 7) is 1.40. The summed E-state index contributed by atoms with van der Waals surface area (Å²) in [5.74, 6) is -0.425. The number of carbonyl (C=O) groups excluding carboxylic acids is 2. The maximum absolute atomic E-state index is 13.1. The van der Waals surface area contributed by atoms with Gasteiger partial charge < -0.3 is 14.8 Å². The van der Waals surface area contributed by atoms with Gasteiger partial charge in [0, 0.05) is 17.2 Å². The first-order chi connectivity index (χ1) is 12.9. The highest BCUT2D eigenvalue weighted by Gasteiger charge is 2.10. The molecule has 0 radical (unpaired) electrons. The van der Waals surface area contributed by atoms with Crippen molar-refractivity contribution in [3.05, 3.63) is 59.4 Å². The van der Waals surface area contributed by atoms with Crippen molar-refractivity contribution >= 4 is 17.5 Å². The Labute approximate surface area is 156 Å². The van der Waals surface area contributed by atoms with Crippen molar-refractivity contribution in [2.75, 3.05) is 20.8 Å². The molecule has 27 heavy (non-hydrogen) atoms. The van der Waals surface area contributed by atoms with E-state index in [1.165, 1.54) is 25.3 Å². The van der Waals surface area contributed by atoms with Gasteiger partial charge in [0.15, 0.2) is 0 Å². The van der Waals surface area contributed by atoms with Gasteiger partial charge in [-0.1, -0.05) is 6.07 Å². The quantitative estimate of drug-likeness (QED) is 0.575. The number of amides is 2. The van der Waals surface area contributed by atoms with Gasteiger partial charge in [-0.2, -0.15) is 5.10 Å². The fraction of sp³-hybridized carbons (Fsp3) is 0.211. The van der Waals surface area contributed by atoms with Crippen LogP contribution in [0.5, 0.6) is 11.5 Å². The van der Waals surface area contributed by atoms with Gasteiger partial charge in [-0.15, -0.1) is 0 Å². The molecule has 0 aliphatic carbocycles. The van der Waals surface area contributed by atoms with Crippen molar-refractivity contribution in [3.8, 4) is 11.5 Å². The summed E-state index contributed by atoms with van der Waals surface area (Å²) < 4.78 is 23.5. The Morgan fingerprint density at radius 1 is 1.11 bits per heavy atom. The van der Waals surface area contributed by atoms with E-state index in [0.717, 1.165) is 6.07 Å². The van der Waals surface area contributed by atoms with E-state index in [-0.39, 0.29) is 12.1 Å². The van der Waals surface area contributed by atoms with Crippen molar-refractivity contribution in [3.63, 3.8) is 0 Å². The average Bonchev–Trinajstić information content (AvgIpc) is 2.69. The smallest absolute Gasteiger partial charge is 0.259 e. The monoisotopic (exact) mass is 373 g/mol. The molecule has 7 nitrogen and oxygen atoms in total. The molecule has 0 saturated heterocycles. The van der Waals surface area contributed by atoms with Crippen LogP contribution < -0.4 is 20.2 Å². The maximum Gasteiger partial charge on any atom is 0.259 e. The zero-order valence-electron chi connectivity index (χ0n) is 15.2. The predicted molar refractivity (Wildman–Crippen MR) is 98.6 cm³/mol. The highest BCUT2D eigenvalue weighted by Crippen LogP contribution is 2.24. The second kappa shape index (κ2) is 9.33. The summed E-state index contributed by atoms with van der Waals surface area (Å²) in [6.07, 6.45) is 0. The number of halogens is 1. The minimum atomic E-state index is -0.554. The van der Waals surface area contributed by atoms with Crippen molar-refractivity contribution in [2.45, 2.75) is 6.92 Å². The van der Waals surface area contributed by atoms with E-state index >= 15 is 0 Å². The van der Waals surface area contributed by atoms with Crippen LogP contribution in [0.3, 0.4) is 0 Å². The number of hydrogen-bond donors (Lipinski definition) is 2. The molecule has 8 heteroatoms. The Balaban J connectivity index is 1.95. The zero-order chi connectivity index (χ0) is 19.8. The fourth-order valence-electron chi connectivity index (χ4n) is 2.24. The van der Waals surface area contributed by atoms with Gasteiger partial charge in [0.05, 0.1) is 26.5 Å². The topological polar surface area (TPSA) is 89.0 Å². The maximum atomic E-state index is 13.1. The number of methoxy groups -OCH3 is 2. The number of hydrazone groups is 1. The van der Waals surface area contributed by atoms with Gasteiger partial charge in [0.1, 0.15) is 17.3 Å². The van der Waals surface area contributed by atoms with Crippen LogP contribution in [0.15, 0.2) is 47.6 Å². The number of carbonyl (C=O) groups is 2. The molecular formula is C19H20FN3O4. The first-order valence-corrected chi connectivity index (χ1v) is 8.04. The second-order valence-corrected chi connectivity index (χ2v) is 5.49. The minimum absolute atomic E-state index is 0.130. The van der Waals surface area contributed by atoms with Crippen molar-refractivity contribution in [2.24, 2.45) is 5.10 Å². The molecule has 0 unspecified atom stereocenters. The molecule has 0 heterocycles. The first-order valence-electron chi connectivity index (χ1n) is 8.04. The third kappa shape index (κ3) is 5.53. The molecule has 2 rings (SSSR count). The lowest BCUT2D eigenvalue weighted by molar-refractivity contribution is -0.120. The van der Waals surface area contributed by atoms with Gasteiger partial charge in [-0.05, 0) is 37.3 Å². The number of benzene rings is 2. The van der Waals surface area contributed by atoms with E-state index in [1.54, 1.807) is 32.2 Å². The summed E-state index contributed by atoms with van der Waals surface area (Å²) >= 11 is 0. The lowest BCUT2D eigenvalue weighted by Crippen LogP contribution is -2.35. The standard InChI is InChI=1S/C19H20FN3O4/c1-12(16-8-7-15(26-2)10-17(16)27-3)22-23-18(24)11-21-19(25)13-5-4-6-14(20)9-13/h4-10H,11H2,1-3H3,(H,21,25)(H,23,24). The first kappa shape index (κ1) is 19.9. The fourth-order valence-corrected chi connectivity index (χ4v) is 2.24. The molecule has 0 saturated carbocycles. The third-order valence-corrected chi connectivity index (χ3v) is 3.64. The molecule has 0 fully saturated rings. The summed E-state index contributed by atoms with van der Waals surface area (Å²) in [5, 5.41) is 6.41. The lowest BCUT2D eigenvalue weighted by Gasteiger charge is -2.10. The van der Waals surface area contributed by atoms with Crippen LogP contribution in [0.4, 0.5) is 4.39 Å². The third-order valence-electron chi connectivity index (χ3n) is 3.64. The molecular weight excluding hydrogens is 353 g/mol. The van der Waals surface area contributed by atoms with Crippen LogP contribution in [0.25, 0.3) is 0 Å². The van der Waals surface area contributed by atoms with Gasteiger partial charge in [-0.3, -0.25) is 9.59 Å². The van der Waals surface area contributed by atoms with Gasteiger partial charge in [0.2, 0.25) is 0 Å². The molecule has 0 atom stereocenters. The highest BCUT2D eigenvalue weighted by molar-refractivity contribution is 6.02. The highest BCUT2D eigenvalue weighted by atomic mass is 19.1. The normalized spacial score (nSPS) is 10.9. The summed E-state index contributed by atoms with van der Waals surface area (Å²) in [5.41, 5.74) is 3.68. The van der Waals surface area contributed by atoms with Gasteiger partial charge in [-0.25, -0.2) is 9.82 Å². The molecule has 0 bridgehead atoms. The largest absolute Gasteiger partial charge is 0.497 e. The number of ether oxygens (including phenoxy) is 2. The molecule has 2 aromatic rings. The van der Waals surface area contributed by atoms with Crippen LogP contribution in [-0.4, -0.2) is 38.3 Å². The average molecular weight is 373 g/mol. The SMILES string of the molecule is COc1ccc(C(C)=NNC(=O)CNC(=O)c2cccc(F)c2)c(OC)c1. The number of nitrogens with zero attached hydrogens (tertiary/aromatic N) is 1. The predicted octanol–water partition coefficient (Wildman–Crippen LogP) is 2.11. The van der Waals surface area contributed by atoms with Crippen LogP contribution in [-0.2, 0) is 4.79 Å². The molecule has 0 aromatic heterocycles. The van der Waals surface area contributed by atoms with Crippen LogP contribution in [0.1, 0.15) is 22.8 Å². The Morgan fingerprint density at radius 2 is 1.89 bits per heavy atom. The van der Waals surface area contributed by atoms with E-state index in [9.17, 15) is 14.0 Å². The minimum Gasteiger partial charge on any atom is -0.497 e. The molecule has 0 aliphatic rings. The molecule has 2 aromatic carbocycles.